The lowest BCUT2D eigenvalue weighted by molar-refractivity contribution is 0.0404. The van der Waals surface area contributed by atoms with Crippen LogP contribution in [0.1, 0.15) is 55.4 Å². The summed E-state index contributed by atoms with van der Waals surface area (Å²) in [4.78, 5) is 12.7. The van der Waals surface area contributed by atoms with Gasteiger partial charge in [-0.25, -0.2) is 9.97 Å². The van der Waals surface area contributed by atoms with Gasteiger partial charge in [-0.1, -0.05) is 20.8 Å². The minimum Gasteiger partial charge on any atom is -0.385 e. The molecule has 0 radical (unpaired) electrons. The summed E-state index contributed by atoms with van der Waals surface area (Å²) in [6, 6.07) is 0. The molecule has 3 rings (SSSR count). The molecule has 24 heavy (non-hydrogen) atoms. The Morgan fingerprint density at radius 3 is 2.79 bits per heavy atom. The molecule has 0 aromatic carbocycles. The van der Waals surface area contributed by atoms with E-state index in [1.807, 2.05) is 35.3 Å². The van der Waals surface area contributed by atoms with Gasteiger partial charge >= 0.3 is 0 Å². The molecule has 5 nitrogen and oxygen atoms in total. The van der Waals surface area contributed by atoms with E-state index < -0.39 is 6.10 Å². The summed E-state index contributed by atoms with van der Waals surface area (Å²) in [7, 11) is 1.94. The summed E-state index contributed by atoms with van der Waals surface area (Å²) in [5, 5.41) is 11.9. The average Bonchev–Trinajstić information content (AvgIpc) is 3.15. The van der Waals surface area contributed by atoms with Crippen molar-refractivity contribution < 1.29 is 5.11 Å². The summed E-state index contributed by atoms with van der Waals surface area (Å²) in [6.07, 6.45) is 7.34. The Morgan fingerprint density at radius 1 is 1.38 bits per heavy atom. The van der Waals surface area contributed by atoms with E-state index in [9.17, 15) is 5.11 Å². The summed E-state index contributed by atoms with van der Waals surface area (Å²) >= 11 is 1.81. The van der Waals surface area contributed by atoms with Crippen molar-refractivity contribution in [3.8, 4) is 0 Å². The third-order valence-electron chi connectivity index (χ3n) is 4.76. The quantitative estimate of drug-likeness (QED) is 0.922. The Morgan fingerprint density at radius 2 is 2.17 bits per heavy atom. The van der Waals surface area contributed by atoms with Crippen LogP contribution in [-0.2, 0) is 19.0 Å². The second-order valence-corrected chi connectivity index (χ2v) is 8.96. The van der Waals surface area contributed by atoms with Crippen LogP contribution in [0.15, 0.2) is 18.6 Å². The first-order valence-corrected chi connectivity index (χ1v) is 9.49. The van der Waals surface area contributed by atoms with Crippen LogP contribution >= 0.6 is 11.3 Å². The van der Waals surface area contributed by atoms with E-state index in [1.54, 1.807) is 6.20 Å². The molecular formula is C18H28N4OS. The van der Waals surface area contributed by atoms with Crippen LogP contribution in [0.2, 0.25) is 0 Å². The maximum absolute atomic E-state index is 10.7. The fourth-order valence-electron chi connectivity index (χ4n) is 3.29. The summed E-state index contributed by atoms with van der Waals surface area (Å²) in [6.45, 7) is 9.54. The number of rotatable bonds is 4. The Labute approximate surface area is 148 Å². The summed E-state index contributed by atoms with van der Waals surface area (Å²) in [5.41, 5.74) is 0.161. The molecule has 0 amide bonds. The third-order valence-corrected chi connectivity index (χ3v) is 6.17. The van der Waals surface area contributed by atoms with Crippen LogP contribution in [0.5, 0.6) is 0 Å². The van der Waals surface area contributed by atoms with Crippen molar-refractivity contribution in [2.75, 3.05) is 13.1 Å². The molecule has 132 valence electrons. The predicted octanol–water partition coefficient (Wildman–Crippen LogP) is 3.12. The van der Waals surface area contributed by atoms with Gasteiger partial charge in [-0.15, -0.1) is 11.3 Å². The Balaban J connectivity index is 1.63. The molecule has 6 heteroatoms. The number of piperidine rings is 1. The zero-order valence-corrected chi connectivity index (χ0v) is 15.9. The van der Waals surface area contributed by atoms with Crippen molar-refractivity contribution in [1.29, 1.82) is 0 Å². The van der Waals surface area contributed by atoms with Crippen LogP contribution in [0.25, 0.3) is 0 Å². The minimum absolute atomic E-state index is 0.161. The standard InChI is InChI=1S/C18H28N4OS/c1-18(2,3)14-10-20-15(24-14)12-22-8-5-6-13(11-22)16(23)17-19-7-9-21(17)4/h7,9-10,13,16,23H,5-6,8,11-12H2,1-4H3/t13-,16+/m1/s1. The Hall–Kier alpha value is -1.24. The Bertz CT molecular complexity index is 673. The number of hydrogen-bond acceptors (Lipinski definition) is 5. The van der Waals surface area contributed by atoms with Gasteiger partial charge in [0.15, 0.2) is 0 Å². The molecule has 3 heterocycles. The number of aliphatic hydroxyl groups is 1. The van der Waals surface area contributed by atoms with E-state index in [1.165, 1.54) is 9.88 Å². The number of imidazole rings is 1. The lowest BCUT2D eigenvalue weighted by Crippen LogP contribution is -2.37. The maximum atomic E-state index is 10.7. The predicted molar refractivity (Wildman–Crippen MR) is 97.0 cm³/mol. The lowest BCUT2D eigenvalue weighted by atomic mass is 9.92. The Kier molecular flexibility index (Phi) is 5.08. The smallest absolute Gasteiger partial charge is 0.137 e. The molecule has 0 aliphatic carbocycles. The molecule has 0 unspecified atom stereocenters. The fraction of sp³-hybridized carbons (Fsp3) is 0.667. The third kappa shape index (κ3) is 3.87. The van der Waals surface area contributed by atoms with E-state index in [4.69, 9.17) is 0 Å². The van der Waals surface area contributed by atoms with Gasteiger partial charge in [-0.05, 0) is 24.8 Å². The fourth-order valence-corrected chi connectivity index (χ4v) is 4.30. The van der Waals surface area contributed by atoms with Crippen LogP contribution in [0.4, 0.5) is 0 Å². The van der Waals surface area contributed by atoms with E-state index in [0.29, 0.717) is 0 Å². The molecule has 1 N–H and O–H groups in total. The number of thiazole rings is 1. The number of likely N-dealkylation sites (tertiary alicyclic amines) is 1. The number of aliphatic hydroxyl groups excluding tert-OH is 1. The lowest BCUT2D eigenvalue weighted by Gasteiger charge is -2.34. The number of aromatic nitrogens is 3. The first kappa shape index (κ1) is 17.6. The highest BCUT2D eigenvalue weighted by Crippen LogP contribution is 2.31. The van der Waals surface area contributed by atoms with Crippen LogP contribution < -0.4 is 0 Å². The normalized spacial score (nSPS) is 21.1. The zero-order valence-electron chi connectivity index (χ0n) is 15.1. The van der Waals surface area contributed by atoms with E-state index in [2.05, 4.69) is 35.6 Å². The number of nitrogens with zero attached hydrogens (tertiary/aromatic N) is 4. The van der Waals surface area contributed by atoms with Crippen LogP contribution in [0.3, 0.4) is 0 Å². The highest BCUT2D eigenvalue weighted by molar-refractivity contribution is 7.11. The summed E-state index contributed by atoms with van der Waals surface area (Å²) < 4.78 is 1.92. The number of aryl methyl sites for hydroxylation is 1. The molecule has 1 saturated heterocycles. The SMILES string of the molecule is Cn1ccnc1[C@@H](O)[C@@H]1CCCN(Cc2ncc(C(C)(C)C)s2)C1. The topological polar surface area (TPSA) is 54.2 Å². The zero-order chi connectivity index (χ0) is 17.3. The van der Waals surface area contributed by atoms with Crippen molar-refractivity contribution in [3.63, 3.8) is 0 Å². The second kappa shape index (κ2) is 6.94. The van der Waals surface area contributed by atoms with Crippen molar-refractivity contribution >= 4 is 11.3 Å². The van der Waals surface area contributed by atoms with E-state index in [0.717, 1.165) is 38.3 Å². The molecule has 2 atom stereocenters. The van der Waals surface area contributed by atoms with Crippen molar-refractivity contribution in [3.05, 3.63) is 34.3 Å². The minimum atomic E-state index is -0.491. The van der Waals surface area contributed by atoms with Gasteiger partial charge in [0, 0.05) is 43.0 Å². The van der Waals surface area contributed by atoms with Gasteiger partial charge in [0.05, 0.1) is 6.54 Å². The largest absolute Gasteiger partial charge is 0.385 e. The van der Waals surface area contributed by atoms with Crippen LogP contribution in [-0.4, -0.2) is 37.6 Å². The molecule has 1 aliphatic rings. The monoisotopic (exact) mass is 348 g/mol. The molecule has 0 bridgehead atoms. The molecule has 2 aromatic rings. The van der Waals surface area contributed by atoms with Gasteiger partial charge in [-0.2, -0.15) is 0 Å². The van der Waals surface area contributed by atoms with Gasteiger partial charge in [0.25, 0.3) is 0 Å². The molecule has 0 spiro atoms. The molecule has 1 aliphatic heterocycles. The van der Waals surface area contributed by atoms with Crippen molar-refractivity contribution in [1.82, 2.24) is 19.4 Å². The first-order valence-electron chi connectivity index (χ1n) is 8.67. The average molecular weight is 349 g/mol. The summed E-state index contributed by atoms with van der Waals surface area (Å²) in [5.74, 6) is 1.01. The van der Waals surface area contributed by atoms with Crippen molar-refractivity contribution in [2.24, 2.45) is 13.0 Å². The van der Waals surface area contributed by atoms with E-state index >= 15 is 0 Å². The van der Waals surface area contributed by atoms with Gasteiger partial charge in [-0.3, -0.25) is 4.90 Å². The molecule has 0 saturated carbocycles. The van der Waals surface area contributed by atoms with Crippen molar-refractivity contribution in [2.45, 2.75) is 51.7 Å². The number of hydrogen-bond donors (Lipinski definition) is 1. The highest BCUT2D eigenvalue weighted by Gasteiger charge is 2.29. The molecular weight excluding hydrogens is 320 g/mol. The molecule has 1 fully saturated rings. The van der Waals surface area contributed by atoms with E-state index in [-0.39, 0.29) is 11.3 Å². The van der Waals surface area contributed by atoms with Gasteiger partial charge in [0.2, 0.25) is 0 Å². The van der Waals surface area contributed by atoms with Crippen LogP contribution in [0, 0.1) is 5.92 Å². The maximum Gasteiger partial charge on any atom is 0.137 e. The van der Waals surface area contributed by atoms with Gasteiger partial charge < -0.3 is 9.67 Å². The molecule has 2 aromatic heterocycles. The first-order chi connectivity index (χ1) is 11.3. The highest BCUT2D eigenvalue weighted by atomic mass is 32.1. The van der Waals surface area contributed by atoms with Gasteiger partial charge in [0.1, 0.15) is 16.9 Å². The second-order valence-electron chi connectivity index (χ2n) is 7.85.